The Morgan fingerprint density at radius 3 is 2.63 bits per heavy atom. The smallest absolute Gasteiger partial charge is 0.331 e. The molecule has 10 heteroatoms. The lowest BCUT2D eigenvalue weighted by atomic mass is 9.96. The van der Waals surface area contributed by atoms with E-state index in [0.717, 1.165) is 12.8 Å². The number of hydrogen-bond donors (Lipinski definition) is 1. The summed E-state index contributed by atoms with van der Waals surface area (Å²) in [6.07, 6.45) is 2.07. The lowest BCUT2D eigenvalue weighted by molar-refractivity contribution is -0.120. The number of nitrogens with zero attached hydrogens (tertiary/aromatic N) is 4. The third-order valence-corrected chi connectivity index (χ3v) is 7.74. The second kappa shape index (κ2) is 10.6. The molecule has 38 heavy (non-hydrogen) atoms. The fourth-order valence-corrected chi connectivity index (χ4v) is 5.41. The van der Waals surface area contributed by atoms with Crippen molar-refractivity contribution in [1.29, 1.82) is 5.26 Å². The Bertz CT molecular complexity index is 1550. The first-order valence-corrected chi connectivity index (χ1v) is 13.3. The van der Waals surface area contributed by atoms with Gasteiger partial charge in [0.25, 0.3) is 5.56 Å². The molecule has 1 saturated carbocycles. The maximum absolute atomic E-state index is 13.3. The van der Waals surface area contributed by atoms with E-state index in [4.69, 9.17) is 21.6 Å². The van der Waals surface area contributed by atoms with E-state index in [0.29, 0.717) is 71.6 Å². The van der Waals surface area contributed by atoms with Gasteiger partial charge in [-0.15, -0.1) is 0 Å². The summed E-state index contributed by atoms with van der Waals surface area (Å²) in [4.78, 5) is 41.6. The van der Waals surface area contributed by atoms with Crippen LogP contribution in [0.4, 0.5) is 5.69 Å². The van der Waals surface area contributed by atoms with Crippen LogP contribution in [0.15, 0.2) is 46.0 Å². The van der Waals surface area contributed by atoms with Gasteiger partial charge in [-0.25, -0.2) is 4.79 Å². The molecule has 1 aliphatic heterocycles. The van der Waals surface area contributed by atoms with Crippen molar-refractivity contribution in [2.24, 2.45) is 17.8 Å². The molecule has 2 fully saturated rings. The first-order valence-electron chi connectivity index (χ1n) is 12.9. The lowest BCUT2D eigenvalue weighted by Gasteiger charge is -2.19. The van der Waals surface area contributed by atoms with Gasteiger partial charge in [-0.1, -0.05) is 11.6 Å². The molecule has 1 N–H and O–H groups in total. The van der Waals surface area contributed by atoms with Crippen LogP contribution in [0.3, 0.4) is 0 Å². The van der Waals surface area contributed by atoms with Crippen molar-refractivity contribution in [1.82, 2.24) is 14.0 Å². The monoisotopic (exact) mass is 535 g/mol. The number of nitriles is 1. The summed E-state index contributed by atoms with van der Waals surface area (Å²) in [5.74, 6) is 0.394. The number of likely N-dealkylation sites (tertiary alicyclic amines) is 1. The van der Waals surface area contributed by atoms with Crippen LogP contribution in [-0.4, -0.2) is 46.7 Å². The number of anilines is 1. The quantitative estimate of drug-likeness (QED) is 0.474. The molecule has 0 unspecified atom stereocenters. The molecule has 3 aromatic rings. The predicted molar refractivity (Wildman–Crippen MR) is 146 cm³/mol. The summed E-state index contributed by atoms with van der Waals surface area (Å²) in [7, 11) is 1.96. The zero-order valence-electron chi connectivity index (χ0n) is 21.4. The van der Waals surface area contributed by atoms with Crippen LogP contribution in [0.25, 0.3) is 10.9 Å². The van der Waals surface area contributed by atoms with Crippen molar-refractivity contribution in [3.8, 4) is 11.8 Å². The van der Waals surface area contributed by atoms with E-state index in [1.54, 1.807) is 41.0 Å². The van der Waals surface area contributed by atoms with E-state index >= 15 is 0 Å². The fourth-order valence-electron chi connectivity index (χ4n) is 5.19. The molecule has 1 amide bonds. The molecule has 0 spiro atoms. The van der Waals surface area contributed by atoms with Gasteiger partial charge in [0.05, 0.1) is 34.0 Å². The van der Waals surface area contributed by atoms with E-state index in [9.17, 15) is 14.4 Å². The average molecular weight is 536 g/mol. The first kappa shape index (κ1) is 26.0. The maximum atomic E-state index is 13.3. The summed E-state index contributed by atoms with van der Waals surface area (Å²) in [6, 6.07) is 12.1. The van der Waals surface area contributed by atoms with Gasteiger partial charge in [0, 0.05) is 43.9 Å². The molecule has 0 radical (unpaired) electrons. The van der Waals surface area contributed by atoms with E-state index in [1.807, 2.05) is 20.0 Å². The van der Waals surface area contributed by atoms with Gasteiger partial charge in [-0.05, 0) is 63.1 Å². The standard InChI is InChI=1S/C28H30ClN5O4/c1-3-33-25-9-7-20(10-22(25)27(36)34(28(33)37)13-17-4-5-17)31-26(35)23-15-32(2)14-19(23)16-38-21-8-6-18(12-30)24(29)11-21/h6-11,17,19,23H,3-5,13-16H2,1-2H3,(H,31,35)/t19-,23+/m1/s1. The van der Waals surface area contributed by atoms with Gasteiger partial charge in [0.1, 0.15) is 11.8 Å². The molecule has 2 aromatic carbocycles. The molecule has 2 atom stereocenters. The number of benzene rings is 2. The number of fused-ring (bicyclic) bond motifs is 1. The van der Waals surface area contributed by atoms with E-state index in [1.165, 1.54) is 4.57 Å². The molecule has 198 valence electrons. The molecule has 5 rings (SSSR count). The van der Waals surface area contributed by atoms with Crippen molar-refractivity contribution >= 4 is 34.1 Å². The van der Waals surface area contributed by atoms with Crippen molar-refractivity contribution in [3.05, 3.63) is 67.8 Å². The third kappa shape index (κ3) is 5.19. The molecular weight excluding hydrogens is 506 g/mol. The zero-order valence-corrected chi connectivity index (χ0v) is 22.2. The number of carbonyl (C=O) groups excluding carboxylic acids is 1. The minimum absolute atomic E-state index is 0.0593. The van der Waals surface area contributed by atoms with E-state index < -0.39 is 0 Å². The highest BCUT2D eigenvalue weighted by atomic mass is 35.5. The number of nitrogens with one attached hydrogen (secondary N) is 1. The largest absolute Gasteiger partial charge is 0.493 e. The second-order valence-electron chi connectivity index (χ2n) is 10.3. The summed E-state index contributed by atoms with van der Waals surface area (Å²) < 4.78 is 8.88. The van der Waals surface area contributed by atoms with Crippen LogP contribution in [0.1, 0.15) is 25.3 Å². The van der Waals surface area contributed by atoms with E-state index in [-0.39, 0.29) is 29.0 Å². The second-order valence-corrected chi connectivity index (χ2v) is 10.7. The van der Waals surface area contributed by atoms with Crippen molar-refractivity contribution in [2.75, 3.05) is 32.1 Å². The molecule has 9 nitrogen and oxygen atoms in total. The van der Waals surface area contributed by atoms with Gasteiger partial charge in [-0.2, -0.15) is 5.26 Å². The number of halogens is 1. The Hall–Kier alpha value is -3.61. The van der Waals surface area contributed by atoms with Gasteiger partial charge in [0.15, 0.2) is 0 Å². The fraction of sp³-hybridized carbons (Fsp3) is 0.429. The maximum Gasteiger partial charge on any atom is 0.331 e. The van der Waals surface area contributed by atoms with Crippen LogP contribution < -0.4 is 21.3 Å². The number of rotatable bonds is 8. The van der Waals surface area contributed by atoms with Crippen LogP contribution in [0.5, 0.6) is 5.75 Å². The van der Waals surface area contributed by atoms with Gasteiger partial charge in [0.2, 0.25) is 5.91 Å². The van der Waals surface area contributed by atoms with Crippen LogP contribution in [0.2, 0.25) is 5.02 Å². The highest BCUT2D eigenvalue weighted by molar-refractivity contribution is 6.31. The first-order chi connectivity index (χ1) is 18.3. The Kier molecular flexibility index (Phi) is 7.28. The van der Waals surface area contributed by atoms with Crippen molar-refractivity contribution < 1.29 is 9.53 Å². The molecule has 2 heterocycles. The Balaban J connectivity index is 1.35. The van der Waals surface area contributed by atoms with Crippen molar-refractivity contribution in [2.45, 2.75) is 32.9 Å². The zero-order chi connectivity index (χ0) is 27.0. The lowest BCUT2D eigenvalue weighted by Crippen LogP contribution is -2.40. The van der Waals surface area contributed by atoms with E-state index in [2.05, 4.69) is 10.2 Å². The Morgan fingerprint density at radius 2 is 1.95 bits per heavy atom. The van der Waals surface area contributed by atoms with Gasteiger partial charge >= 0.3 is 5.69 Å². The number of carbonyl (C=O) groups is 1. The number of amides is 1. The summed E-state index contributed by atoms with van der Waals surface area (Å²) in [6.45, 7) is 4.35. The average Bonchev–Trinajstić information content (AvgIpc) is 3.65. The summed E-state index contributed by atoms with van der Waals surface area (Å²) in [5.41, 5.74) is 0.870. The molecule has 1 saturated heterocycles. The molecule has 1 aromatic heterocycles. The Labute approximate surface area is 225 Å². The third-order valence-electron chi connectivity index (χ3n) is 7.43. The number of hydrogen-bond acceptors (Lipinski definition) is 6. The van der Waals surface area contributed by atoms with Crippen LogP contribution in [-0.2, 0) is 17.9 Å². The van der Waals surface area contributed by atoms with Crippen LogP contribution in [0, 0.1) is 29.1 Å². The van der Waals surface area contributed by atoms with Gasteiger partial charge in [-0.3, -0.25) is 18.7 Å². The summed E-state index contributed by atoms with van der Waals surface area (Å²) >= 11 is 6.12. The minimum atomic E-state index is -0.319. The SMILES string of the molecule is CCn1c(=O)n(CC2CC2)c(=O)c2cc(NC(=O)[C@H]3CN(C)C[C@@H]3COc3ccc(C#N)c(Cl)c3)ccc21. The normalized spacial score (nSPS) is 19.4. The predicted octanol–water partition coefficient (Wildman–Crippen LogP) is 3.31. The summed E-state index contributed by atoms with van der Waals surface area (Å²) in [5, 5.41) is 12.8. The Morgan fingerprint density at radius 1 is 1.16 bits per heavy atom. The number of ether oxygens (including phenoxy) is 1. The number of aromatic nitrogens is 2. The van der Waals surface area contributed by atoms with Gasteiger partial charge < -0.3 is 15.0 Å². The van der Waals surface area contributed by atoms with Crippen molar-refractivity contribution in [3.63, 3.8) is 0 Å². The van der Waals surface area contributed by atoms with Crippen LogP contribution >= 0.6 is 11.6 Å². The highest BCUT2D eigenvalue weighted by Gasteiger charge is 2.36. The molecule has 0 bridgehead atoms. The highest BCUT2D eigenvalue weighted by Crippen LogP contribution is 2.30. The topological polar surface area (TPSA) is 109 Å². The minimum Gasteiger partial charge on any atom is -0.493 e. The molecule has 1 aliphatic carbocycles. The molecular formula is C28H30ClN5O4. The number of aryl methyl sites for hydroxylation is 1. The molecule has 2 aliphatic rings.